The number of hydrogen-bond acceptors (Lipinski definition) is 3. The first kappa shape index (κ1) is 13.1. The highest BCUT2D eigenvalue weighted by Gasteiger charge is 2.32. The zero-order valence-corrected chi connectivity index (χ0v) is 10.9. The van der Waals surface area contributed by atoms with Crippen molar-refractivity contribution in [1.29, 1.82) is 0 Å². The number of ether oxygens (including phenoxy) is 1. The Bertz CT molecular complexity index is 343. The fourth-order valence-corrected chi connectivity index (χ4v) is 2.83. The maximum Gasteiger partial charge on any atom is 0.307 e. The largest absolute Gasteiger partial charge is 0.469 e. The second kappa shape index (κ2) is 6.03. The van der Waals surface area contributed by atoms with Crippen molar-refractivity contribution in [2.24, 2.45) is 5.92 Å². The van der Waals surface area contributed by atoms with Gasteiger partial charge in [-0.3, -0.25) is 9.59 Å². The number of likely N-dealkylation sites (tertiary alicyclic amines) is 1. The summed E-state index contributed by atoms with van der Waals surface area (Å²) >= 11 is 0. The molecule has 4 heteroatoms. The zero-order chi connectivity index (χ0) is 13.0. The van der Waals surface area contributed by atoms with E-state index in [9.17, 15) is 9.59 Å². The van der Waals surface area contributed by atoms with Gasteiger partial charge in [0.25, 0.3) is 0 Å². The minimum absolute atomic E-state index is 0.0410. The lowest BCUT2D eigenvalue weighted by Gasteiger charge is -2.36. The third-order valence-corrected chi connectivity index (χ3v) is 3.90. The third-order valence-electron chi connectivity index (χ3n) is 3.90. The van der Waals surface area contributed by atoms with E-state index in [1.807, 2.05) is 4.90 Å². The Balaban J connectivity index is 1.98. The maximum absolute atomic E-state index is 12.4. The van der Waals surface area contributed by atoms with Gasteiger partial charge in [-0.25, -0.2) is 0 Å². The maximum atomic E-state index is 12.4. The van der Waals surface area contributed by atoms with Gasteiger partial charge in [-0.05, 0) is 32.1 Å². The van der Waals surface area contributed by atoms with Gasteiger partial charge in [-0.15, -0.1) is 0 Å². The first-order valence-electron chi connectivity index (χ1n) is 6.74. The van der Waals surface area contributed by atoms with Gasteiger partial charge in [0.2, 0.25) is 5.91 Å². The number of carbonyl (C=O) groups excluding carboxylic acids is 2. The van der Waals surface area contributed by atoms with Crippen molar-refractivity contribution >= 4 is 11.9 Å². The first-order valence-corrected chi connectivity index (χ1v) is 6.74. The molecule has 0 aromatic rings. The summed E-state index contributed by atoms with van der Waals surface area (Å²) in [5, 5.41) is 0. The number of allylic oxidation sites excluding steroid dienone is 2. The van der Waals surface area contributed by atoms with Crippen LogP contribution in [0.1, 0.15) is 38.5 Å². The van der Waals surface area contributed by atoms with Gasteiger partial charge in [0.05, 0.1) is 13.5 Å². The van der Waals surface area contributed by atoms with Crippen molar-refractivity contribution < 1.29 is 14.3 Å². The molecule has 1 atom stereocenters. The van der Waals surface area contributed by atoms with Crippen LogP contribution in [0.4, 0.5) is 0 Å². The molecule has 1 aliphatic carbocycles. The fraction of sp³-hybridized carbons (Fsp3) is 0.714. The lowest BCUT2D eigenvalue weighted by Crippen LogP contribution is -2.47. The van der Waals surface area contributed by atoms with E-state index in [0.717, 1.165) is 38.6 Å². The van der Waals surface area contributed by atoms with E-state index in [4.69, 9.17) is 4.74 Å². The quantitative estimate of drug-likeness (QED) is 0.568. The van der Waals surface area contributed by atoms with Crippen LogP contribution in [0.3, 0.4) is 0 Å². The lowest BCUT2D eigenvalue weighted by atomic mass is 9.96. The number of rotatable bonds is 3. The Hall–Kier alpha value is -1.32. The molecular formula is C14H21NO3. The molecule has 4 nitrogen and oxygen atoms in total. The minimum Gasteiger partial charge on any atom is -0.469 e. The van der Waals surface area contributed by atoms with E-state index in [1.54, 1.807) is 0 Å². The summed E-state index contributed by atoms with van der Waals surface area (Å²) in [7, 11) is 1.40. The van der Waals surface area contributed by atoms with Crippen LogP contribution in [0.2, 0.25) is 0 Å². The highest BCUT2D eigenvalue weighted by Crippen LogP contribution is 2.26. The summed E-state index contributed by atoms with van der Waals surface area (Å²) in [5.41, 5.74) is 0. The van der Waals surface area contributed by atoms with Gasteiger partial charge in [-0.1, -0.05) is 12.2 Å². The van der Waals surface area contributed by atoms with Crippen LogP contribution >= 0.6 is 0 Å². The molecule has 100 valence electrons. The van der Waals surface area contributed by atoms with Gasteiger partial charge in [0, 0.05) is 18.5 Å². The van der Waals surface area contributed by atoms with Crippen LogP contribution in [0, 0.1) is 5.92 Å². The molecule has 1 fully saturated rings. The molecule has 0 bridgehead atoms. The van der Waals surface area contributed by atoms with Crippen LogP contribution in [0.25, 0.3) is 0 Å². The number of piperidine rings is 1. The van der Waals surface area contributed by atoms with Crippen molar-refractivity contribution in [3.8, 4) is 0 Å². The highest BCUT2D eigenvalue weighted by atomic mass is 16.5. The Morgan fingerprint density at radius 3 is 2.67 bits per heavy atom. The van der Waals surface area contributed by atoms with Crippen LogP contribution in [0.15, 0.2) is 12.2 Å². The topological polar surface area (TPSA) is 46.6 Å². The molecule has 0 N–H and O–H groups in total. The van der Waals surface area contributed by atoms with Crippen LogP contribution in [0.5, 0.6) is 0 Å². The molecule has 2 aliphatic rings. The highest BCUT2D eigenvalue weighted by molar-refractivity contribution is 5.81. The van der Waals surface area contributed by atoms with Gasteiger partial charge in [-0.2, -0.15) is 0 Å². The molecule has 0 radical (unpaired) electrons. The number of carbonyl (C=O) groups is 2. The van der Waals surface area contributed by atoms with Crippen molar-refractivity contribution in [3.05, 3.63) is 12.2 Å². The summed E-state index contributed by atoms with van der Waals surface area (Å²) in [4.78, 5) is 25.7. The van der Waals surface area contributed by atoms with E-state index in [1.165, 1.54) is 7.11 Å². The Morgan fingerprint density at radius 1 is 1.28 bits per heavy atom. The first-order chi connectivity index (χ1) is 8.72. The normalized spacial score (nSPS) is 24.3. The second-order valence-corrected chi connectivity index (χ2v) is 5.10. The minimum atomic E-state index is -0.218. The van der Waals surface area contributed by atoms with E-state index in [-0.39, 0.29) is 23.8 Å². The van der Waals surface area contributed by atoms with E-state index < -0.39 is 0 Å². The smallest absolute Gasteiger partial charge is 0.307 e. The van der Waals surface area contributed by atoms with Crippen LogP contribution in [-0.4, -0.2) is 36.5 Å². The Kier molecular flexibility index (Phi) is 4.39. The van der Waals surface area contributed by atoms with Crippen molar-refractivity contribution in [1.82, 2.24) is 4.90 Å². The zero-order valence-electron chi connectivity index (χ0n) is 10.9. The average Bonchev–Trinajstić information content (AvgIpc) is 2.92. The number of methoxy groups -OCH3 is 1. The van der Waals surface area contributed by atoms with E-state index >= 15 is 0 Å². The van der Waals surface area contributed by atoms with Crippen LogP contribution < -0.4 is 0 Å². The molecule has 2 rings (SSSR count). The van der Waals surface area contributed by atoms with E-state index in [2.05, 4.69) is 12.2 Å². The summed E-state index contributed by atoms with van der Waals surface area (Å²) in [6.45, 7) is 0.789. The monoisotopic (exact) mass is 251 g/mol. The molecule has 0 aromatic heterocycles. The average molecular weight is 251 g/mol. The molecule has 0 saturated carbocycles. The summed E-state index contributed by atoms with van der Waals surface area (Å²) < 4.78 is 4.72. The third kappa shape index (κ3) is 2.92. The molecule has 18 heavy (non-hydrogen) atoms. The molecule has 0 aromatic carbocycles. The second-order valence-electron chi connectivity index (χ2n) is 5.10. The van der Waals surface area contributed by atoms with Crippen molar-refractivity contribution in [2.45, 2.75) is 44.6 Å². The predicted octanol–water partition coefficient (Wildman–Crippen LogP) is 1.90. The molecule has 1 amide bonds. The van der Waals surface area contributed by atoms with Gasteiger partial charge >= 0.3 is 5.97 Å². The lowest BCUT2D eigenvalue weighted by molar-refractivity contribution is -0.145. The number of hydrogen-bond donors (Lipinski definition) is 0. The standard InChI is InChI=1S/C14H21NO3/c1-18-13(16)10-12-8-4-5-9-15(12)14(17)11-6-2-3-7-11/h2-3,11-12H,4-10H2,1H3. The van der Waals surface area contributed by atoms with Crippen molar-refractivity contribution in [3.63, 3.8) is 0 Å². The fourth-order valence-electron chi connectivity index (χ4n) is 2.83. The molecule has 1 heterocycles. The van der Waals surface area contributed by atoms with Gasteiger partial charge in [0.1, 0.15) is 0 Å². The Morgan fingerprint density at radius 2 is 2.00 bits per heavy atom. The van der Waals surface area contributed by atoms with Gasteiger partial charge in [0.15, 0.2) is 0 Å². The Labute approximate surface area is 108 Å². The number of esters is 1. The van der Waals surface area contributed by atoms with E-state index in [0.29, 0.717) is 6.42 Å². The summed E-state index contributed by atoms with van der Waals surface area (Å²) in [6.07, 6.45) is 9.23. The molecule has 0 spiro atoms. The van der Waals surface area contributed by atoms with Gasteiger partial charge < -0.3 is 9.64 Å². The predicted molar refractivity (Wildman–Crippen MR) is 67.8 cm³/mol. The molecule has 1 saturated heterocycles. The number of nitrogens with zero attached hydrogens (tertiary/aromatic N) is 1. The summed E-state index contributed by atoms with van der Waals surface area (Å²) in [5.74, 6) is 0.0982. The summed E-state index contributed by atoms with van der Waals surface area (Å²) in [6, 6.07) is 0.0410. The molecule has 1 unspecified atom stereocenters. The molecule has 1 aliphatic heterocycles. The SMILES string of the molecule is COC(=O)CC1CCCCN1C(=O)C1CC=CC1. The van der Waals surface area contributed by atoms with Crippen molar-refractivity contribution in [2.75, 3.05) is 13.7 Å². The molecular weight excluding hydrogens is 230 g/mol. The van der Waals surface area contributed by atoms with Crippen LogP contribution in [-0.2, 0) is 14.3 Å². The number of amides is 1.